The molecule has 0 amide bonds. The number of hydrogen-bond acceptors (Lipinski definition) is 4. The highest BCUT2D eigenvalue weighted by Crippen LogP contribution is 2.20. The Morgan fingerprint density at radius 2 is 2.29 bits per heavy atom. The van der Waals surface area contributed by atoms with E-state index in [4.69, 9.17) is 25.0 Å². The molecule has 1 aliphatic heterocycles. The largest absolute Gasteiger partial charge is 0.464 e. The fraction of sp³-hybridized carbons (Fsp3) is 0.875. The van der Waals surface area contributed by atoms with Crippen LogP contribution in [0.2, 0.25) is 0 Å². The van der Waals surface area contributed by atoms with Crippen LogP contribution in [-0.2, 0) is 18.7 Å². The minimum atomic E-state index is -2.16. The molecule has 82 valence electrons. The van der Waals surface area contributed by atoms with E-state index in [0.717, 1.165) is 12.8 Å². The van der Waals surface area contributed by atoms with Crippen molar-refractivity contribution >= 4 is 24.7 Å². The van der Waals surface area contributed by atoms with Crippen molar-refractivity contribution in [2.75, 3.05) is 25.7 Å². The van der Waals surface area contributed by atoms with Gasteiger partial charge in [0.2, 0.25) is 0 Å². The number of rotatable bonds is 6. The molecule has 0 spiro atoms. The monoisotopic (exact) mass is 238 g/mol. The smallest absolute Gasteiger partial charge is 0.341 e. The number of carbonyl (C=O) groups excluding carboxylic acids is 1. The predicted octanol–water partition coefficient (Wildman–Crippen LogP) is 1.14. The molecule has 1 aliphatic rings. The fourth-order valence-electron chi connectivity index (χ4n) is 0.906. The molecular weight excluding hydrogens is 224 g/mol. The lowest BCUT2D eigenvalue weighted by atomic mass is 10.4. The van der Waals surface area contributed by atoms with E-state index in [9.17, 15) is 4.79 Å². The van der Waals surface area contributed by atoms with Gasteiger partial charge in [-0.25, -0.2) is 4.79 Å². The minimum absolute atomic E-state index is 0.0389. The highest BCUT2D eigenvalue weighted by Gasteiger charge is 2.42. The molecule has 0 atom stereocenters. The Kier molecular flexibility index (Phi) is 4.87. The Morgan fingerprint density at radius 1 is 1.57 bits per heavy atom. The Morgan fingerprint density at radius 3 is 2.79 bits per heavy atom. The number of unbranched alkanes of at least 4 members (excludes halogenated alkanes) is 1. The van der Waals surface area contributed by atoms with E-state index in [2.05, 4.69) is 0 Å². The third-order valence-corrected chi connectivity index (χ3v) is 4.76. The van der Waals surface area contributed by atoms with E-state index in [0.29, 0.717) is 19.1 Å². The van der Waals surface area contributed by atoms with Crippen LogP contribution in [0.15, 0.2) is 0 Å². The van der Waals surface area contributed by atoms with Crippen LogP contribution in [0.1, 0.15) is 19.8 Å². The molecule has 6 heteroatoms. The standard InChI is InChI=1S/C8H15ClO4Si/c1-2-3-4-12-8(10)5-13-14(9)6-11-7-14/h2-7H2,1H3. The van der Waals surface area contributed by atoms with Crippen LogP contribution < -0.4 is 0 Å². The van der Waals surface area contributed by atoms with E-state index >= 15 is 0 Å². The second-order valence-electron chi connectivity index (χ2n) is 3.24. The van der Waals surface area contributed by atoms with Gasteiger partial charge < -0.3 is 13.9 Å². The maximum Gasteiger partial charge on any atom is 0.341 e. The fourth-order valence-corrected chi connectivity index (χ4v) is 2.60. The maximum absolute atomic E-state index is 11.1. The van der Waals surface area contributed by atoms with Crippen molar-refractivity contribution < 1.29 is 18.7 Å². The lowest BCUT2D eigenvalue weighted by Crippen LogP contribution is -2.54. The van der Waals surface area contributed by atoms with Gasteiger partial charge in [0.15, 0.2) is 0 Å². The summed E-state index contributed by atoms with van der Waals surface area (Å²) in [6.45, 7) is 2.46. The molecule has 0 saturated carbocycles. The summed E-state index contributed by atoms with van der Waals surface area (Å²) in [5, 5.41) is 0. The van der Waals surface area contributed by atoms with Gasteiger partial charge in [0, 0.05) is 0 Å². The number of hydrogen-bond donors (Lipinski definition) is 0. The van der Waals surface area contributed by atoms with E-state index in [1.54, 1.807) is 0 Å². The first-order valence-corrected chi connectivity index (χ1v) is 8.06. The Hall–Kier alpha value is -0.103. The lowest BCUT2D eigenvalue weighted by molar-refractivity contribution is -0.146. The lowest BCUT2D eigenvalue weighted by Gasteiger charge is -2.31. The number of esters is 1. The zero-order valence-corrected chi connectivity index (χ0v) is 10.0. The first kappa shape index (κ1) is 12.0. The molecule has 0 aliphatic carbocycles. The minimum Gasteiger partial charge on any atom is -0.464 e. The first-order chi connectivity index (χ1) is 6.66. The Bertz CT molecular complexity index is 196. The number of carbonyl (C=O) groups is 1. The third-order valence-electron chi connectivity index (χ3n) is 1.84. The van der Waals surface area contributed by atoms with Crippen LogP contribution in [0, 0.1) is 0 Å². The van der Waals surface area contributed by atoms with Crippen molar-refractivity contribution in [1.82, 2.24) is 0 Å². The van der Waals surface area contributed by atoms with E-state index in [-0.39, 0.29) is 12.6 Å². The van der Waals surface area contributed by atoms with Crippen molar-refractivity contribution in [1.29, 1.82) is 0 Å². The molecule has 0 aromatic heterocycles. The van der Waals surface area contributed by atoms with Gasteiger partial charge in [-0.05, 0) is 6.42 Å². The van der Waals surface area contributed by atoms with E-state index in [1.165, 1.54) is 0 Å². The van der Waals surface area contributed by atoms with Crippen molar-refractivity contribution in [3.8, 4) is 0 Å². The maximum atomic E-state index is 11.1. The van der Waals surface area contributed by atoms with E-state index < -0.39 is 7.63 Å². The van der Waals surface area contributed by atoms with Crippen LogP contribution >= 0.6 is 11.1 Å². The quantitative estimate of drug-likeness (QED) is 0.301. The third kappa shape index (κ3) is 3.96. The van der Waals surface area contributed by atoms with Crippen molar-refractivity contribution in [3.63, 3.8) is 0 Å². The second kappa shape index (κ2) is 5.70. The molecule has 0 aromatic rings. The van der Waals surface area contributed by atoms with Gasteiger partial charge >= 0.3 is 13.6 Å². The highest BCUT2D eigenvalue weighted by atomic mass is 35.6. The van der Waals surface area contributed by atoms with E-state index in [1.807, 2.05) is 6.92 Å². The average Bonchev–Trinajstić information content (AvgIpc) is 2.12. The molecule has 0 unspecified atom stereocenters. The zero-order valence-electron chi connectivity index (χ0n) is 8.25. The van der Waals surface area contributed by atoms with Gasteiger partial charge in [-0.3, -0.25) is 0 Å². The second-order valence-corrected chi connectivity index (χ2v) is 7.94. The number of halogens is 1. The van der Waals surface area contributed by atoms with Crippen LogP contribution in [-0.4, -0.2) is 39.3 Å². The van der Waals surface area contributed by atoms with Gasteiger partial charge in [-0.1, -0.05) is 13.3 Å². The molecule has 1 rings (SSSR count). The molecule has 1 saturated heterocycles. The normalized spacial score (nSPS) is 18.7. The van der Waals surface area contributed by atoms with Crippen molar-refractivity contribution in [3.05, 3.63) is 0 Å². The van der Waals surface area contributed by atoms with Crippen LogP contribution in [0.3, 0.4) is 0 Å². The Balaban J connectivity index is 2.03. The molecular formula is C8H15ClO4Si. The summed E-state index contributed by atoms with van der Waals surface area (Å²) >= 11 is 6.00. The summed E-state index contributed by atoms with van der Waals surface area (Å²) in [4.78, 5) is 11.1. The van der Waals surface area contributed by atoms with Gasteiger partial charge in [-0.15, -0.1) is 11.1 Å². The van der Waals surface area contributed by atoms with Crippen molar-refractivity contribution in [2.45, 2.75) is 19.8 Å². The molecule has 0 aromatic carbocycles. The zero-order chi connectivity index (χ0) is 10.4. The first-order valence-electron chi connectivity index (χ1n) is 4.72. The summed E-state index contributed by atoms with van der Waals surface area (Å²) in [6.07, 6.45) is 2.84. The van der Waals surface area contributed by atoms with Gasteiger partial charge in [0.05, 0.1) is 19.1 Å². The van der Waals surface area contributed by atoms with Gasteiger partial charge in [-0.2, -0.15) is 0 Å². The highest BCUT2D eigenvalue weighted by molar-refractivity contribution is 7.17. The van der Waals surface area contributed by atoms with Gasteiger partial charge in [0.1, 0.15) is 6.61 Å². The SMILES string of the molecule is CCCCOC(=O)CO[Si]1(Cl)COC1. The molecule has 4 nitrogen and oxygen atoms in total. The van der Waals surface area contributed by atoms with Crippen molar-refractivity contribution in [2.24, 2.45) is 0 Å². The Labute approximate surface area is 89.3 Å². The summed E-state index contributed by atoms with van der Waals surface area (Å²) in [7, 11) is -2.16. The number of ether oxygens (including phenoxy) is 2. The van der Waals surface area contributed by atoms with Crippen LogP contribution in [0.25, 0.3) is 0 Å². The summed E-state index contributed by atoms with van der Waals surface area (Å²) < 4.78 is 15.1. The summed E-state index contributed by atoms with van der Waals surface area (Å²) in [5.74, 6) is -0.335. The topological polar surface area (TPSA) is 44.8 Å². The van der Waals surface area contributed by atoms with Crippen LogP contribution in [0.5, 0.6) is 0 Å². The molecule has 0 radical (unpaired) electrons. The molecule has 0 bridgehead atoms. The molecule has 1 fully saturated rings. The van der Waals surface area contributed by atoms with Crippen LogP contribution in [0.4, 0.5) is 0 Å². The summed E-state index contributed by atoms with van der Waals surface area (Å²) in [5.41, 5.74) is 0. The molecule has 14 heavy (non-hydrogen) atoms. The summed E-state index contributed by atoms with van der Waals surface area (Å²) in [6, 6.07) is 0. The van der Waals surface area contributed by atoms with Gasteiger partial charge in [0.25, 0.3) is 0 Å². The predicted molar refractivity (Wildman–Crippen MR) is 54.2 cm³/mol. The molecule has 0 N–H and O–H groups in total. The average molecular weight is 239 g/mol. The molecule has 1 heterocycles.